The molecular formula is C19H16ClN5O2S. The molecule has 9 heteroatoms. The van der Waals surface area contributed by atoms with Crippen molar-refractivity contribution in [3.63, 3.8) is 0 Å². The Hall–Kier alpha value is -2.97. The first-order valence-corrected chi connectivity index (χ1v) is 9.41. The molecule has 3 heterocycles. The van der Waals surface area contributed by atoms with Gasteiger partial charge in [-0.3, -0.25) is 14.2 Å². The van der Waals surface area contributed by atoms with Crippen LogP contribution in [-0.2, 0) is 17.9 Å². The van der Waals surface area contributed by atoms with Crippen LogP contribution < -0.4 is 10.9 Å². The fourth-order valence-electron chi connectivity index (χ4n) is 3.00. The fourth-order valence-corrected chi connectivity index (χ4v) is 3.45. The number of nitrogens with zero attached hydrogens (tertiary/aromatic N) is 3. The maximum absolute atomic E-state index is 12.6. The second-order valence-electron chi connectivity index (χ2n) is 6.30. The van der Waals surface area contributed by atoms with Crippen LogP contribution in [0.15, 0.2) is 53.6 Å². The highest BCUT2D eigenvalue weighted by molar-refractivity contribution is 7.71. The van der Waals surface area contributed by atoms with Crippen LogP contribution in [0.1, 0.15) is 12.1 Å². The number of pyridine rings is 1. The van der Waals surface area contributed by atoms with Gasteiger partial charge in [-0.25, -0.2) is 4.98 Å². The molecule has 3 aromatic heterocycles. The first kappa shape index (κ1) is 18.4. The van der Waals surface area contributed by atoms with Crippen molar-refractivity contribution >= 4 is 46.3 Å². The van der Waals surface area contributed by atoms with Crippen LogP contribution in [0, 0.1) is 4.77 Å². The van der Waals surface area contributed by atoms with Gasteiger partial charge in [-0.05, 0) is 36.5 Å². The van der Waals surface area contributed by atoms with Gasteiger partial charge in [0.1, 0.15) is 5.65 Å². The number of hydrogen-bond donors (Lipinski definition) is 2. The first-order valence-electron chi connectivity index (χ1n) is 8.63. The van der Waals surface area contributed by atoms with Gasteiger partial charge >= 0.3 is 0 Å². The molecular weight excluding hydrogens is 398 g/mol. The van der Waals surface area contributed by atoms with Crippen LogP contribution >= 0.6 is 23.8 Å². The standard InChI is InChI=1S/C19H16ClN5O2S/c20-12-5-6-16-22-13(11-24(16)10-12)9-21-17(26)7-8-25-18(27)14-3-1-2-4-15(14)23-19(25)28/h1-6,10-11H,7-9H2,(H,21,26)(H,23,28). The maximum atomic E-state index is 12.6. The summed E-state index contributed by atoms with van der Waals surface area (Å²) in [4.78, 5) is 32.2. The van der Waals surface area contributed by atoms with E-state index >= 15 is 0 Å². The van der Waals surface area contributed by atoms with E-state index in [-0.39, 0.29) is 31.0 Å². The average molecular weight is 414 g/mol. The van der Waals surface area contributed by atoms with Crippen LogP contribution in [-0.4, -0.2) is 24.8 Å². The summed E-state index contributed by atoms with van der Waals surface area (Å²) in [5.41, 5.74) is 1.95. The third-order valence-electron chi connectivity index (χ3n) is 4.38. The third-order valence-corrected chi connectivity index (χ3v) is 4.93. The van der Waals surface area contributed by atoms with Crippen molar-refractivity contribution in [2.75, 3.05) is 0 Å². The Kier molecular flexibility index (Phi) is 4.97. The molecule has 4 rings (SSSR count). The number of carbonyl (C=O) groups is 1. The number of rotatable bonds is 5. The Balaban J connectivity index is 1.42. The topological polar surface area (TPSA) is 84.2 Å². The van der Waals surface area contributed by atoms with E-state index in [9.17, 15) is 9.59 Å². The summed E-state index contributed by atoms with van der Waals surface area (Å²) < 4.78 is 3.51. The van der Waals surface area contributed by atoms with Crippen LogP contribution in [0.2, 0.25) is 5.02 Å². The Bertz CT molecular complexity index is 1310. The van der Waals surface area contributed by atoms with E-state index in [2.05, 4.69) is 15.3 Å². The van der Waals surface area contributed by atoms with E-state index < -0.39 is 0 Å². The summed E-state index contributed by atoms with van der Waals surface area (Å²) in [6, 6.07) is 10.7. The number of halogens is 1. The smallest absolute Gasteiger partial charge is 0.262 e. The van der Waals surface area contributed by atoms with Crippen LogP contribution in [0.5, 0.6) is 0 Å². The Labute approximate surface area is 169 Å². The number of hydrogen-bond acceptors (Lipinski definition) is 4. The van der Waals surface area contributed by atoms with Crippen molar-refractivity contribution in [1.82, 2.24) is 24.3 Å². The molecule has 0 aliphatic carbocycles. The number of para-hydroxylation sites is 1. The van der Waals surface area contributed by atoms with Crippen molar-refractivity contribution in [3.05, 3.63) is 74.6 Å². The molecule has 2 N–H and O–H groups in total. The lowest BCUT2D eigenvalue weighted by molar-refractivity contribution is -0.121. The Morgan fingerprint density at radius 2 is 2.04 bits per heavy atom. The van der Waals surface area contributed by atoms with E-state index in [4.69, 9.17) is 23.8 Å². The molecule has 28 heavy (non-hydrogen) atoms. The largest absolute Gasteiger partial charge is 0.350 e. The van der Waals surface area contributed by atoms with Gasteiger partial charge in [-0.2, -0.15) is 0 Å². The minimum absolute atomic E-state index is 0.134. The van der Waals surface area contributed by atoms with Crippen molar-refractivity contribution in [3.8, 4) is 0 Å². The lowest BCUT2D eigenvalue weighted by atomic mass is 10.2. The number of nitrogens with one attached hydrogen (secondary N) is 2. The van der Waals surface area contributed by atoms with Gasteiger partial charge in [-0.15, -0.1) is 0 Å². The molecule has 0 atom stereocenters. The normalized spacial score (nSPS) is 11.2. The number of H-pyrrole nitrogens is 1. The predicted molar refractivity (Wildman–Crippen MR) is 110 cm³/mol. The second kappa shape index (κ2) is 7.57. The quantitative estimate of drug-likeness (QED) is 0.492. The van der Waals surface area contributed by atoms with Crippen molar-refractivity contribution in [1.29, 1.82) is 0 Å². The lowest BCUT2D eigenvalue weighted by Gasteiger charge is -2.08. The molecule has 0 radical (unpaired) electrons. The van der Waals surface area contributed by atoms with E-state index in [0.717, 1.165) is 11.3 Å². The van der Waals surface area contributed by atoms with Crippen molar-refractivity contribution in [2.45, 2.75) is 19.5 Å². The van der Waals surface area contributed by atoms with E-state index in [1.165, 1.54) is 4.57 Å². The summed E-state index contributed by atoms with van der Waals surface area (Å²) in [6.45, 7) is 0.489. The van der Waals surface area contributed by atoms with Gasteiger partial charge in [0.25, 0.3) is 5.56 Å². The minimum atomic E-state index is -0.204. The van der Waals surface area contributed by atoms with Crippen molar-refractivity contribution < 1.29 is 4.79 Å². The SMILES string of the molecule is O=C(CCn1c(=S)[nH]c2ccccc2c1=O)NCc1cn2cc(Cl)ccc2n1. The monoisotopic (exact) mass is 413 g/mol. The zero-order valence-electron chi connectivity index (χ0n) is 14.7. The number of aromatic nitrogens is 4. The van der Waals surface area contributed by atoms with E-state index in [0.29, 0.717) is 20.7 Å². The summed E-state index contributed by atoms with van der Waals surface area (Å²) >= 11 is 11.2. The number of benzene rings is 1. The summed E-state index contributed by atoms with van der Waals surface area (Å²) in [5, 5.41) is 3.96. The van der Waals surface area contributed by atoms with Gasteiger partial charge in [-0.1, -0.05) is 23.7 Å². The summed E-state index contributed by atoms with van der Waals surface area (Å²) in [7, 11) is 0. The average Bonchev–Trinajstić information content (AvgIpc) is 3.08. The number of imidazole rings is 1. The molecule has 0 saturated carbocycles. The van der Waals surface area contributed by atoms with Crippen molar-refractivity contribution in [2.24, 2.45) is 0 Å². The van der Waals surface area contributed by atoms with Crippen LogP contribution in [0.4, 0.5) is 0 Å². The molecule has 4 aromatic rings. The van der Waals surface area contributed by atoms with E-state index in [1.807, 2.05) is 12.3 Å². The molecule has 0 fully saturated rings. The van der Waals surface area contributed by atoms with Gasteiger partial charge in [0, 0.05) is 25.4 Å². The summed E-state index contributed by atoms with van der Waals surface area (Å²) in [6.07, 6.45) is 3.70. The van der Waals surface area contributed by atoms with Crippen LogP contribution in [0.3, 0.4) is 0 Å². The molecule has 0 spiro atoms. The predicted octanol–water partition coefficient (Wildman–Crippen LogP) is 3.07. The zero-order chi connectivity index (χ0) is 19.7. The van der Waals surface area contributed by atoms with Gasteiger partial charge < -0.3 is 14.7 Å². The molecule has 0 unspecified atom stereocenters. The summed E-state index contributed by atoms with van der Waals surface area (Å²) in [5.74, 6) is -0.190. The Morgan fingerprint density at radius 3 is 2.89 bits per heavy atom. The molecule has 0 aliphatic heterocycles. The van der Waals surface area contributed by atoms with E-state index in [1.54, 1.807) is 40.9 Å². The first-order chi connectivity index (χ1) is 13.5. The van der Waals surface area contributed by atoms with Gasteiger partial charge in [0.05, 0.1) is 28.2 Å². The number of fused-ring (bicyclic) bond motifs is 2. The molecule has 0 aliphatic rings. The highest BCUT2D eigenvalue weighted by atomic mass is 35.5. The zero-order valence-corrected chi connectivity index (χ0v) is 16.3. The fraction of sp³-hybridized carbons (Fsp3) is 0.158. The molecule has 1 amide bonds. The highest BCUT2D eigenvalue weighted by Gasteiger charge is 2.09. The molecule has 0 saturated heterocycles. The third kappa shape index (κ3) is 3.69. The lowest BCUT2D eigenvalue weighted by Crippen LogP contribution is -2.28. The molecule has 1 aromatic carbocycles. The Morgan fingerprint density at radius 1 is 1.21 bits per heavy atom. The number of aromatic amines is 1. The van der Waals surface area contributed by atoms with Gasteiger partial charge in [0.2, 0.25) is 5.91 Å². The molecule has 0 bridgehead atoms. The maximum Gasteiger partial charge on any atom is 0.262 e. The second-order valence-corrected chi connectivity index (χ2v) is 7.13. The van der Waals surface area contributed by atoms with Crippen LogP contribution in [0.25, 0.3) is 16.6 Å². The molecule has 7 nitrogen and oxygen atoms in total. The number of carbonyl (C=O) groups excluding carboxylic acids is 1. The number of amides is 1. The highest BCUT2D eigenvalue weighted by Crippen LogP contribution is 2.11. The molecule has 142 valence electrons. The van der Waals surface area contributed by atoms with Gasteiger partial charge in [0.15, 0.2) is 4.77 Å². The minimum Gasteiger partial charge on any atom is -0.350 e.